The van der Waals surface area contributed by atoms with Gasteiger partial charge in [-0.2, -0.15) is 0 Å². The number of Topliss-reactive ketones (excluding diaryl/α,β-unsaturated/α-hetero) is 1. The van der Waals surface area contributed by atoms with Gasteiger partial charge in [0.15, 0.2) is 9.84 Å². The van der Waals surface area contributed by atoms with Crippen molar-refractivity contribution in [1.82, 2.24) is 0 Å². The summed E-state index contributed by atoms with van der Waals surface area (Å²) in [6.07, 6.45) is 1.26. The molecule has 2 rings (SSSR count). The standard InChI is InChI=1S/C14H18O4S/c1-18-14-5-3-2-4-12(14)9-13(15)8-11-6-7-19(16,17)10-11/h2-5,11H,6-10H2,1H3. The first-order valence-corrected chi connectivity index (χ1v) is 8.16. The zero-order valence-electron chi connectivity index (χ0n) is 11.0. The monoisotopic (exact) mass is 282 g/mol. The lowest BCUT2D eigenvalue weighted by atomic mass is 9.97. The number of ether oxygens (including phenoxy) is 1. The van der Waals surface area contributed by atoms with E-state index in [0.29, 0.717) is 25.0 Å². The Kier molecular flexibility index (Phi) is 4.24. The van der Waals surface area contributed by atoms with Crippen molar-refractivity contribution in [3.8, 4) is 5.75 Å². The van der Waals surface area contributed by atoms with Crippen molar-refractivity contribution in [1.29, 1.82) is 0 Å². The van der Waals surface area contributed by atoms with E-state index in [0.717, 1.165) is 5.56 Å². The lowest BCUT2D eigenvalue weighted by Crippen LogP contribution is -2.12. The Morgan fingerprint density at radius 2 is 2.11 bits per heavy atom. The van der Waals surface area contributed by atoms with Gasteiger partial charge in [0.2, 0.25) is 0 Å². The number of carbonyl (C=O) groups excluding carboxylic acids is 1. The van der Waals surface area contributed by atoms with Gasteiger partial charge in [0, 0.05) is 18.4 Å². The molecule has 4 nitrogen and oxygen atoms in total. The number of hydrogen-bond acceptors (Lipinski definition) is 4. The molecule has 5 heteroatoms. The molecule has 1 aromatic rings. The molecule has 1 aromatic carbocycles. The first-order valence-electron chi connectivity index (χ1n) is 6.34. The van der Waals surface area contributed by atoms with E-state index >= 15 is 0 Å². The first-order chi connectivity index (χ1) is 9.00. The van der Waals surface area contributed by atoms with Gasteiger partial charge in [0.1, 0.15) is 11.5 Å². The molecule has 0 N–H and O–H groups in total. The molecule has 0 aromatic heterocycles. The van der Waals surface area contributed by atoms with E-state index in [2.05, 4.69) is 0 Å². The molecule has 104 valence electrons. The minimum absolute atomic E-state index is 0.00722. The van der Waals surface area contributed by atoms with E-state index in [1.807, 2.05) is 24.3 Å². The topological polar surface area (TPSA) is 60.4 Å². The van der Waals surface area contributed by atoms with Crippen molar-refractivity contribution < 1.29 is 17.9 Å². The number of hydrogen-bond donors (Lipinski definition) is 0. The van der Waals surface area contributed by atoms with Gasteiger partial charge in [-0.25, -0.2) is 8.42 Å². The van der Waals surface area contributed by atoms with Crippen molar-refractivity contribution in [2.45, 2.75) is 19.3 Å². The van der Waals surface area contributed by atoms with E-state index in [1.165, 1.54) is 0 Å². The quantitative estimate of drug-likeness (QED) is 0.823. The summed E-state index contributed by atoms with van der Waals surface area (Å²) >= 11 is 0. The highest BCUT2D eigenvalue weighted by Gasteiger charge is 2.29. The predicted octanol–water partition coefficient (Wildman–Crippen LogP) is 1.63. The van der Waals surface area contributed by atoms with Gasteiger partial charge in [0.05, 0.1) is 18.6 Å². The summed E-state index contributed by atoms with van der Waals surface area (Å²) in [5.74, 6) is 1.15. The van der Waals surface area contributed by atoms with Crippen molar-refractivity contribution in [2.75, 3.05) is 18.6 Å². The molecule has 1 aliphatic heterocycles. The molecule has 0 saturated carbocycles. The molecule has 1 saturated heterocycles. The van der Waals surface area contributed by atoms with Gasteiger partial charge in [-0.15, -0.1) is 0 Å². The number of ketones is 1. The molecule has 1 fully saturated rings. The number of benzene rings is 1. The van der Waals surface area contributed by atoms with Gasteiger partial charge >= 0.3 is 0 Å². The molecule has 0 amide bonds. The first kappa shape index (κ1) is 14.1. The number of rotatable bonds is 5. The van der Waals surface area contributed by atoms with Gasteiger partial charge in [0.25, 0.3) is 0 Å². The summed E-state index contributed by atoms with van der Waals surface area (Å²) in [6, 6.07) is 7.41. The van der Waals surface area contributed by atoms with E-state index in [1.54, 1.807) is 7.11 Å². The third-order valence-electron chi connectivity index (χ3n) is 3.42. The second kappa shape index (κ2) is 5.74. The normalized spacial score (nSPS) is 21.2. The van der Waals surface area contributed by atoms with Crippen LogP contribution in [0.3, 0.4) is 0 Å². The molecule has 1 atom stereocenters. The Hall–Kier alpha value is -1.36. The molecule has 1 aliphatic rings. The molecule has 19 heavy (non-hydrogen) atoms. The largest absolute Gasteiger partial charge is 0.496 e. The van der Waals surface area contributed by atoms with Crippen LogP contribution in [-0.2, 0) is 21.1 Å². The lowest BCUT2D eigenvalue weighted by molar-refractivity contribution is -0.119. The highest BCUT2D eigenvalue weighted by atomic mass is 32.2. The van der Waals surface area contributed by atoms with Gasteiger partial charge < -0.3 is 4.74 Å². The molecule has 0 aliphatic carbocycles. The minimum Gasteiger partial charge on any atom is -0.496 e. The smallest absolute Gasteiger partial charge is 0.150 e. The average Bonchev–Trinajstić information content (AvgIpc) is 2.69. The molecule has 0 bridgehead atoms. The predicted molar refractivity (Wildman–Crippen MR) is 73.1 cm³/mol. The van der Waals surface area contributed by atoms with E-state index in [9.17, 15) is 13.2 Å². The summed E-state index contributed by atoms with van der Waals surface area (Å²) in [4.78, 5) is 12.0. The number of methoxy groups -OCH3 is 1. The fourth-order valence-corrected chi connectivity index (χ4v) is 4.35. The van der Waals surface area contributed by atoms with Crippen LogP contribution in [0.5, 0.6) is 5.75 Å². The second-order valence-electron chi connectivity index (χ2n) is 5.00. The highest BCUT2D eigenvalue weighted by Crippen LogP contribution is 2.24. The van der Waals surface area contributed by atoms with Crippen molar-refractivity contribution >= 4 is 15.6 Å². The fourth-order valence-electron chi connectivity index (χ4n) is 2.49. The zero-order chi connectivity index (χ0) is 13.9. The van der Waals surface area contributed by atoms with Crippen LogP contribution in [0, 0.1) is 5.92 Å². The Labute approximate surface area is 113 Å². The maximum absolute atomic E-state index is 12.0. The van der Waals surface area contributed by atoms with Crippen molar-refractivity contribution in [3.05, 3.63) is 29.8 Å². The fraction of sp³-hybridized carbons (Fsp3) is 0.500. The van der Waals surface area contributed by atoms with Crippen LogP contribution in [-0.4, -0.2) is 32.8 Å². The SMILES string of the molecule is COc1ccccc1CC(=O)CC1CCS(=O)(=O)C1. The Balaban J connectivity index is 1.95. The van der Waals surface area contributed by atoms with Crippen LogP contribution in [0.2, 0.25) is 0 Å². The number of sulfone groups is 1. The van der Waals surface area contributed by atoms with Crippen LogP contribution in [0.4, 0.5) is 0 Å². The van der Waals surface area contributed by atoms with Crippen LogP contribution >= 0.6 is 0 Å². The van der Waals surface area contributed by atoms with Gasteiger partial charge in [-0.05, 0) is 18.4 Å². The zero-order valence-corrected chi connectivity index (χ0v) is 11.8. The molecule has 0 spiro atoms. The molecule has 1 unspecified atom stereocenters. The molecular weight excluding hydrogens is 264 g/mol. The van der Waals surface area contributed by atoms with Crippen molar-refractivity contribution in [2.24, 2.45) is 5.92 Å². The summed E-state index contributed by atoms with van der Waals surface area (Å²) < 4.78 is 27.9. The third-order valence-corrected chi connectivity index (χ3v) is 5.26. The summed E-state index contributed by atoms with van der Waals surface area (Å²) in [6.45, 7) is 0. The van der Waals surface area contributed by atoms with E-state index in [-0.39, 0.29) is 23.2 Å². The van der Waals surface area contributed by atoms with E-state index in [4.69, 9.17) is 4.74 Å². The summed E-state index contributed by atoms with van der Waals surface area (Å²) in [5.41, 5.74) is 0.857. The second-order valence-corrected chi connectivity index (χ2v) is 7.23. The average molecular weight is 282 g/mol. The maximum Gasteiger partial charge on any atom is 0.150 e. The summed E-state index contributed by atoms with van der Waals surface area (Å²) in [5, 5.41) is 0. The van der Waals surface area contributed by atoms with Crippen LogP contribution < -0.4 is 4.74 Å². The van der Waals surface area contributed by atoms with Crippen LogP contribution in [0.25, 0.3) is 0 Å². The Bertz CT molecular complexity index is 563. The Morgan fingerprint density at radius 3 is 2.74 bits per heavy atom. The maximum atomic E-state index is 12.0. The van der Waals surface area contributed by atoms with E-state index < -0.39 is 9.84 Å². The molecule has 1 heterocycles. The molecular formula is C14H18O4S. The summed E-state index contributed by atoms with van der Waals surface area (Å²) in [7, 11) is -1.33. The van der Waals surface area contributed by atoms with Gasteiger partial charge in [-0.1, -0.05) is 18.2 Å². The number of carbonyl (C=O) groups is 1. The lowest BCUT2D eigenvalue weighted by Gasteiger charge is -2.09. The van der Waals surface area contributed by atoms with Crippen LogP contribution in [0.1, 0.15) is 18.4 Å². The highest BCUT2D eigenvalue weighted by molar-refractivity contribution is 7.91. The van der Waals surface area contributed by atoms with Crippen molar-refractivity contribution in [3.63, 3.8) is 0 Å². The Morgan fingerprint density at radius 1 is 1.37 bits per heavy atom. The third kappa shape index (κ3) is 3.80. The van der Waals surface area contributed by atoms with Crippen LogP contribution in [0.15, 0.2) is 24.3 Å². The minimum atomic E-state index is -2.90. The van der Waals surface area contributed by atoms with Gasteiger partial charge in [-0.3, -0.25) is 4.79 Å². The number of para-hydroxylation sites is 1. The molecule has 0 radical (unpaired) electrons.